The minimum Gasteiger partial charge on any atom is -0.395 e. The van der Waals surface area contributed by atoms with Gasteiger partial charge in [-0.2, -0.15) is 0 Å². The molecule has 2 aromatic carbocycles. The van der Waals surface area contributed by atoms with Crippen molar-refractivity contribution in [2.45, 2.75) is 11.8 Å². The second-order valence-corrected chi connectivity index (χ2v) is 7.13. The van der Waals surface area contributed by atoms with Crippen LogP contribution in [0.3, 0.4) is 0 Å². The molecule has 0 atom stereocenters. The zero-order valence-corrected chi connectivity index (χ0v) is 15.1. The van der Waals surface area contributed by atoms with Crippen LogP contribution in [0.15, 0.2) is 47.4 Å². The zero-order chi connectivity index (χ0) is 20.0. The number of non-ortho nitro benzene ring substituents is 1. The number of rotatable bonds is 8. The van der Waals surface area contributed by atoms with Crippen LogP contribution in [0, 0.1) is 10.1 Å². The standard InChI is InChI=1S/C16H18N4O6S/c1-11(22)18-12-2-5-14(6-3-12)27(25,26)19-16-10-13(20(23)24)4-7-15(16)17-8-9-21/h2-7,10,17,19,21H,8-9H2,1H3,(H,18,22). The summed E-state index contributed by atoms with van der Waals surface area (Å²) in [5.74, 6) is -0.292. The monoisotopic (exact) mass is 394 g/mol. The highest BCUT2D eigenvalue weighted by atomic mass is 32.2. The summed E-state index contributed by atoms with van der Waals surface area (Å²) in [6.45, 7) is 1.27. The molecule has 2 aromatic rings. The number of nitrogens with one attached hydrogen (secondary N) is 3. The van der Waals surface area contributed by atoms with E-state index >= 15 is 0 Å². The maximum absolute atomic E-state index is 12.6. The summed E-state index contributed by atoms with van der Waals surface area (Å²) in [5.41, 5.74) is 0.405. The number of aliphatic hydroxyl groups is 1. The molecule has 1 amide bonds. The maximum atomic E-state index is 12.6. The minimum atomic E-state index is -4.04. The lowest BCUT2D eigenvalue weighted by Crippen LogP contribution is -2.16. The summed E-state index contributed by atoms with van der Waals surface area (Å²) in [5, 5.41) is 25.2. The molecule has 0 fully saturated rings. The van der Waals surface area contributed by atoms with E-state index < -0.39 is 14.9 Å². The van der Waals surface area contributed by atoms with Gasteiger partial charge in [0.05, 0.1) is 27.8 Å². The Hall–Kier alpha value is -3.18. The van der Waals surface area contributed by atoms with Gasteiger partial charge in [-0.3, -0.25) is 19.6 Å². The van der Waals surface area contributed by atoms with Crippen molar-refractivity contribution in [3.63, 3.8) is 0 Å². The molecule has 0 unspecified atom stereocenters. The fraction of sp³-hybridized carbons (Fsp3) is 0.188. The molecule has 11 heteroatoms. The van der Waals surface area contributed by atoms with Gasteiger partial charge in [0.2, 0.25) is 5.91 Å². The van der Waals surface area contributed by atoms with E-state index in [-0.39, 0.29) is 41.0 Å². The van der Waals surface area contributed by atoms with E-state index in [2.05, 4.69) is 15.4 Å². The molecule has 10 nitrogen and oxygen atoms in total. The van der Waals surface area contributed by atoms with Crippen LogP contribution in [0.4, 0.5) is 22.7 Å². The molecule has 0 radical (unpaired) electrons. The number of anilines is 3. The summed E-state index contributed by atoms with van der Waals surface area (Å²) >= 11 is 0. The number of benzene rings is 2. The van der Waals surface area contributed by atoms with Crippen molar-refractivity contribution >= 4 is 38.7 Å². The molecule has 0 aliphatic heterocycles. The predicted octanol–water partition coefficient (Wildman–Crippen LogP) is 1.76. The predicted molar refractivity (Wildman–Crippen MR) is 100 cm³/mol. The number of sulfonamides is 1. The van der Waals surface area contributed by atoms with Crippen molar-refractivity contribution < 1.29 is 23.2 Å². The molecule has 0 aliphatic carbocycles. The Bertz CT molecular complexity index is 944. The SMILES string of the molecule is CC(=O)Nc1ccc(S(=O)(=O)Nc2cc([N+](=O)[O-])ccc2NCCO)cc1. The third kappa shape index (κ3) is 5.39. The third-order valence-electron chi connectivity index (χ3n) is 3.37. The van der Waals surface area contributed by atoms with Crippen molar-refractivity contribution in [3.05, 3.63) is 52.6 Å². The van der Waals surface area contributed by atoms with Crippen LogP contribution in [-0.4, -0.2) is 37.5 Å². The van der Waals surface area contributed by atoms with Crippen LogP contribution in [0.2, 0.25) is 0 Å². The summed E-state index contributed by atoms with van der Waals surface area (Å²) in [6, 6.07) is 9.11. The first-order valence-electron chi connectivity index (χ1n) is 7.76. The second kappa shape index (κ2) is 8.47. The average Bonchev–Trinajstić information content (AvgIpc) is 2.60. The van der Waals surface area contributed by atoms with Crippen LogP contribution in [-0.2, 0) is 14.8 Å². The van der Waals surface area contributed by atoms with Crippen molar-refractivity contribution in [2.24, 2.45) is 0 Å². The lowest BCUT2D eigenvalue weighted by atomic mass is 10.2. The number of carbonyl (C=O) groups is 1. The zero-order valence-electron chi connectivity index (χ0n) is 14.3. The van der Waals surface area contributed by atoms with Crippen LogP contribution in [0.25, 0.3) is 0 Å². The van der Waals surface area contributed by atoms with Gasteiger partial charge in [0.1, 0.15) is 0 Å². The quantitative estimate of drug-likeness (QED) is 0.393. The number of aliphatic hydroxyl groups excluding tert-OH is 1. The van der Waals surface area contributed by atoms with E-state index in [0.29, 0.717) is 5.69 Å². The fourth-order valence-electron chi connectivity index (χ4n) is 2.20. The first kappa shape index (κ1) is 20.1. The van der Waals surface area contributed by atoms with Crippen LogP contribution in [0.1, 0.15) is 6.92 Å². The summed E-state index contributed by atoms with van der Waals surface area (Å²) in [6.07, 6.45) is 0. The molecule has 4 N–H and O–H groups in total. The largest absolute Gasteiger partial charge is 0.395 e. The normalized spacial score (nSPS) is 10.9. The molecular formula is C16H18N4O6S. The van der Waals surface area contributed by atoms with Gasteiger partial charge in [0.25, 0.3) is 15.7 Å². The molecule has 0 saturated heterocycles. The Morgan fingerprint density at radius 2 is 1.81 bits per heavy atom. The number of amides is 1. The third-order valence-corrected chi connectivity index (χ3v) is 4.75. The Morgan fingerprint density at radius 3 is 2.37 bits per heavy atom. The van der Waals surface area contributed by atoms with Crippen molar-refractivity contribution in [1.82, 2.24) is 0 Å². The average molecular weight is 394 g/mol. The number of nitro benzene ring substituents is 1. The highest BCUT2D eigenvalue weighted by Crippen LogP contribution is 2.29. The van der Waals surface area contributed by atoms with Gasteiger partial charge in [-0.25, -0.2) is 8.42 Å². The lowest BCUT2D eigenvalue weighted by Gasteiger charge is -2.14. The number of hydrogen-bond acceptors (Lipinski definition) is 7. The molecule has 0 aliphatic rings. The molecule has 0 heterocycles. The Balaban J connectivity index is 2.33. The first-order chi connectivity index (χ1) is 12.7. The summed E-state index contributed by atoms with van der Waals surface area (Å²) in [4.78, 5) is 21.3. The van der Waals surface area contributed by atoms with Gasteiger partial charge in [0.15, 0.2) is 0 Å². The fourth-order valence-corrected chi connectivity index (χ4v) is 3.27. The van der Waals surface area contributed by atoms with E-state index in [9.17, 15) is 23.3 Å². The van der Waals surface area contributed by atoms with Gasteiger partial charge < -0.3 is 15.7 Å². The van der Waals surface area contributed by atoms with E-state index in [1.807, 2.05) is 0 Å². The molecule has 0 saturated carbocycles. The van der Waals surface area contributed by atoms with E-state index in [4.69, 9.17) is 5.11 Å². The molecule has 0 spiro atoms. The van der Waals surface area contributed by atoms with E-state index in [0.717, 1.165) is 6.07 Å². The van der Waals surface area contributed by atoms with Crippen LogP contribution >= 0.6 is 0 Å². The van der Waals surface area contributed by atoms with Gasteiger partial charge in [0, 0.05) is 31.3 Å². The molecular weight excluding hydrogens is 376 g/mol. The lowest BCUT2D eigenvalue weighted by molar-refractivity contribution is -0.384. The van der Waals surface area contributed by atoms with E-state index in [1.54, 1.807) is 0 Å². The second-order valence-electron chi connectivity index (χ2n) is 5.45. The summed E-state index contributed by atoms with van der Waals surface area (Å²) in [7, 11) is -4.04. The maximum Gasteiger partial charge on any atom is 0.271 e. The number of hydrogen-bond donors (Lipinski definition) is 4. The molecule has 0 bridgehead atoms. The van der Waals surface area contributed by atoms with E-state index in [1.165, 1.54) is 43.3 Å². The van der Waals surface area contributed by atoms with Crippen LogP contribution < -0.4 is 15.4 Å². The highest BCUT2D eigenvalue weighted by Gasteiger charge is 2.19. The number of nitrogens with zero attached hydrogens (tertiary/aromatic N) is 1. The molecule has 2 rings (SSSR count). The van der Waals surface area contributed by atoms with Crippen molar-refractivity contribution in [3.8, 4) is 0 Å². The molecule has 144 valence electrons. The smallest absolute Gasteiger partial charge is 0.271 e. The molecule has 27 heavy (non-hydrogen) atoms. The van der Waals surface area contributed by atoms with Gasteiger partial charge in [-0.1, -0.05) is 0 Å². The van der Waals surface area contributed by atoms with Gasteiger partial charge in [-0.15, -0.1) is 0 Å². The Morgan fingerprint density at radius 1 is 1.15 bits per heavy atom. The Labute approximate surface area is 155 Å². The summed E-state index contributed by atoms with van der Waals surface area (Å²) < 4.78 is 27.5. The van der Waals surface area contributed by atoms with Crippen LogP contribution in [0.5, 0.6) is 0 Å². The Kier molecular flexibility index (Phi) is 6.32. The first-order valence-corrected chi connectivity index (χ1v) is 9.25. The molecule has 0 aromatic heterocycles. The van der Waals surface area contributed by atoms with Crippen molar-refractivity contribution in [2.75, 3.05) is 28.5 Å². The minimum absolute atomic E-state index is 0.0245. The highest BCUT2D eigenvalue weighted by molar-refractivity contribution is 7.92. The topological polar surface area (TPSA) is 151 Å². The number of nitro groups is 1. The number of carbonyl (C=O) groups excluding carboxylic acids is 1. The van der Waals surface area contributed by atoms with Crippen molar-refractivity contribution in [1.29, 1.82) is 0 Å². The van der Waals surface area contributed by atoms with Gasteiger partial charge >= 0.3 is 0 Å². The van der Waals surface area contributed by atoms with Gasteiger partial charge in [-0.05, 0) is 30.3 Å².